The number of hydrogen-bond acceptors (Lipinski definition) is 2. The molecule has 1 atom stereocenters. The van der Waals surface area contributed by atoms with Gasteiger partial charge >= 0.3 is 0 Å². The number of amides is 1. The van der Waals surface area contributed by atoms with E-state index in [1.165, 1.54) is 0 Å². The molecule has 1 amide bonds. The van der Waals surface area contributed by atoms with Crippen molar-refractivity contribution in [2.75, 3.05) is 5.32 Å². The molecule has 0 spiro atoms. The minimum Gasteiger partial charge on any atom is -0.326 e. The first-order valence-corrected chi connectivity index (χ1v) is 6.29. The highest BCUT2D eigenvalue weighted by Crippen LogP contribution is 2.14. The minimum atomic E-state index is 0.0318. The lowest BCUT2D eigenvalue weighted by atomic mass is 10.1. The van der Waals surface area contributed by atoms with E-state index < -0.39 is 0 Å². The zero-order chi connectivity index (χ0) is 12.7. The average Bonchev–Trinajstić information content (AvgIpc) is 2.30. The maximum atomic E-state index is 11.6. The zero-order valence-electron chi connectivity index (χ0n) is 10.7. The number of benzene rings is 1. The molecule has 3 N–H and O–H groups in total. The van der Waals surface area contributed by atoms with Gasteiger partial charge < -0.3 is 11.1 Å². The zero-order valence-corrected chi connectivity index (χ0v) is 10.7. The molecule has 0 aliphatic heterocycles. The highest BCUT2D eigenvalue weighted by atomic mass is 16.1. The lowest BCUT2D eigenvalue weighted by Gasteiger charge is -2.08. The molecule has 1 aromatic carbocycles. The largest absolute Gasteiger partial charge is 0.326 e. The molecule has 17 heavy (non-hydrogen) atoms. The Morgan fingerprint density at radius 1 is 1.29 bits per heavy atom. The van der Waals surface area contributed by atoms with Crippen LogP contribution in [0.25, 0.3) is 0 Å². The third-order valence-electron chi connectivity index (χ3n) is 2.73. The van der Waals surface area contributed by atoms with Crippen LogP contribution in [0.5, 0.6) is 0 Å². The Morgan fingerprint density at radius 2 is 1.94 bits per heavy atom. The molecule has 0 saturated heterocycles. The van der Waals surface area contributed by atoms with Crippen molar-refractivity contribution in [2.24, 2.45) is 5.73 Å². The molecule has 1 rings (SSSR count). The number of nitrogens with one attached hydrogen (secondary N) is 1. The molecule has 0 aliphatic carbocycles. The van der Waals surface area contributed by atoms with Crippen molar-refractivity contribution < 1.29 is 4.79 Å². The van der Waals surface area contributed by atoms with Crippen LogP contribution in [-0.2, 0) is 4.79 Å². The van der Waals surface area contributed by atoms with Gasteiger partial charge in [-0.3, -0.25) is 4.79 Å². The van der Waals surface area contributed by atoms with E-state index in [-0.39, 0.29) is 11.9 Å². The van der Waals surface area contributed by atoms with E-state index in [4.69, 9.17) is 5.73 Å². The smallest absolute Gasteiger partial charge is 0.224 e. The molecule has 0 bridgehead atoms. The summed E-state index contributed by atoms with van der Waals surface area (Å²) in [6.45, 7) is 4.07. The second-order valence-electron chi connectivity index (χ2n) is 4.42. The summed E-state index contributed by atoms with van der Waals surface area (Å²) in [5, 5.41) is 2.89. The summed E-state index contributed by atoms with van der Waals surface area (Å²) in [4.78, 5) is 11.6. The maximum absolute atomic E-state index is 11.6. The van der Waals surface area contributed by atoms with Gasteiger partial charge in [0, 0.05) is 18.2 Å². The average molecular weight is 234 g/mol. The van der Waals surface area contributed by atoms with Gasteiger partial charge in [-0.05, 0) is 31.0 Å². The molecule has 94 valence electrons. The number of hydrogen-bond donors (Lipinski definition) is 2. The quantitative estimate of drug-likeness (QED) is 0.742. The van der Waals surface area contributed by atoms with E-state index in [9.17, 15) is 4.79 Å². The maximum Gasteiger partial charge on any atom is 0.224 e. The van der Waals surface area contributed by atoms with Crippen LogP contribution in [0.15, 0.2) is 24.3 Å². The highest BCUT2D eigenvalue weighted by molar-refractivity contribution is 5.90. The first-order chi connectivity index (χ1) is 8.13. The Hall–Kier alpha value is -1.35. The van der Waals surface area contributed by atoms with Crippen LogP contribution < -0.4 is 11.1 Å². The minimum absolute atomic E-state index is 0.0318. The van der Waals surface area contributed by atoms with Crippen LogP contribution >= 0.6 is 0 Å². The number of nitrogens with two attached hydrogens (primary N) is 1. The molecule has 0 radical (unpaired) electrons. The van der Waals surface area contributed by atoms with Crippen molar-refractivity contribution >= 4 is 11.6 Å². The SMILES string of the molecule is CCCCCC(=O)Nc1ccc(C(C)N)cc1. The normalized spacial score (nSPS) is 12.2. The van der Waals surface area contributed by atoms with Gasteiger partial charge in [0.25, 0.3) is 0 Å². The predicted molar refractivity (Wildman–Crippen MR) is 71.8 cm³/mol. The van der Waals surface area contributed by atoms with Gasteiger partial charge in [-0.1, -0.05) is 31.9 Å². The number of anilines is 1. The Kier molecular flexibility index (Phi) is 5.70. The van der Waals surface area contributed by atoms with Crippen LogP contribution in [0.4, 0.5) is 5.69 Å². The van der Waals surface area contributed by atoms with E-state index in [1.807, 2.05) is 31.2 Å². The molecule has 3 nitrogen and oxygen atoms in total. The van der Waals surface area contributed by atoms with Crippen LogP contribution in [0.3, 0.4) is 0 Å². The summed E-state index contributed by atoms with van der Waals surface area (Å²) in [7, 11) is 0. The molecule has 0 aromatic heterocycles. The standard InChI is InChI=1S/C14H22N2O/c1-3-4-5-6-14(17)16-13-9-7-12(8-10-13)11(2)15/h7-11H,3-6,15H2,1-2H3,(H,16,17). The summed E-state index contributed by atoms with van der Waals surface area (Å²) < 4.78 is 0. The monoisotopic (exact) mass is 234 g/mol. The molecule has 0 saturated carbocycles. The van der Waals surface area contributed by atoms with Crippen LogP contribution in [0.1, 0.15) is 51.1 Å². The Bertz CT molecular complexity index is 344. The van der Waals surface area contributed by atoms with Gasteiger partial charge in [0.2, 0.25) is 5.91 Å². The first kappa shape index (κ1) is 13.7. The van der Waals surface area contributed by atoms with Crippen molar-refractivity contribution in [1.29, 1.82) is 0 Å². The van der Waals surface area contributed by atoms with E-state index >= 15 is 0 Å². The third-order valence-corrected chi connectivity index (χ3v) is 2.73. The predicted octanol–water partition coefficient (Wildman–Crippen LogP) is 3.23. The molecule has 3 heteroatoms. The fourth-order valence-electron chi connectivity index (χ4n) is 1.63. The Balaban J connectivity index is 2.43. The Morgan fingerprint density at radius 3 is 2.47 bits per heavy atom. The summed E-state index contributed by atoms with van der Waals surface area (Å²) in [5.41, 5.74) is 7.68. The second kappa shape index (κ2) is 7.07. The van der Waals surface area contributed by atoms with Gasteiger partial charge in [0.05, 0.1) is 0 Å². The van der Waals surface area contributed by atoms with Gasteiger partial charge in [-0.25, -0.2) is 0 Å². The summed E-state index contributed by atoms with van der Waals surface area (Å²) in [5.74, 6) is 0.0898. The van der Waals surface area contributed by atoms with Gasteiger partial charge in [0.1, 0.15) is 0 Å². The molecule has 0 heterocycles. The summed E-state index contributed by atoms with van der Waals surface area (Å²) in [6, 6.07) is 7.73. The molecule has 0 fully saturated rings. The molecule has 0 aliphatic rings. The van der Waals surface area contributed by atoms with E-state index in [0.717, 1.165) is 30.5 Å². The van der Waals surface area contributed by atoms with Gasteiger partial charge in [-0.15, -0.1) is 0 Å². The van der Waals surface area contributed by atoms with Crippen molar-refractivity contribution in [2.45, 2.75) is 45.6 Å². The lowest BCUT2D eigenvalue weighted by molar-refractivity contribution is -0.116. The van der Waals surface area contributed by atoms with Crippen LogP contribution in [-0.4, -0.2) is 5.91 Å². The summed E-state index contributed by atoms with van der Waals surface area (Å²) >= 11 is 0. The van der Waals surface area contributed by atoms with E-state index in [0.29, 0.717) is 6.42 Å². The fourth-order valence-corrected chi connectivity index (χ4v) is 1.63. The molecule has 1 aromatic rings. The van der Waals surface area contributed by atoms with Gasteiger partial charge in [-0.2, -0.15) is 0 Å². The molecular weight excluding hydrogens is 212 g/mol. The van der Waals surface area contributed by atoms with Crippen LogP contribution in [0.2, 0.25) is 0 Å². The highest BCUT2D eigenvalue weighted by Gasteiger charge is 2.03. The number of unbranched alkanes of at least 4 members (excludes halogenated alkanes) is 2. The Labute approximate surface area is 103 Å². The van der Waals surface area contributed by atoms with E-state index in [1.54, 1.807) is 0 Å². The van der Waals surface area contributed by atoms with Crippen LogP contribution in [0, 0.1) is 0 Å². The molecular formula is C14H22N2O. The number of rotatable bonds is 6. The first-order valence-electron chi connectivity index (χ1n) is 6.29. The van der Waals surface area contributed by atoms with Crippen molar-refractivity contribution in [1.82, 2.24) is 0 Å². The summed E-state index contributed by atoms with van der Waals surface area (Å²) in [6.07, 6.45) is 3.80. The van der Waals surface area contributed by atoms with Crippen molar-refractivity contribution in [3.8, 4) is 0 Å². The van der Waals surface area contributed by atoms with Crippen molar-refractivity contribution in [3.05, 3.63) is 29.8 Å². The third kappa shape index (κ3) is 5.00. The van der Waals surface area contributed by atoms with Crippen molar-refractivity contribution in [3.63, 3.8) is 0 Å². The lowest BCUT2D eigenvalue weighted by Crippen LogP contribution is -2.11. The van der Waals surface area contributed by atoms with E-state index in [2.05, 4.69) is 12.2 Å². The molecule has 1 unspecified atom stereocenters. The second-order valence-corrected chi connectivity index (χ2v) is 4.42. The number of carbonyl (C=O) groups is 1. The number of carbonyl (C=O) groups excluding carboxylic acids is 1. The van der Waals surface area contributed by atoms with Gasteiger partial charge in [0.15, 0.2) is 0 Å². The topological polar surface area (TPSA) is 55.1 Å². The fraction of sp³-hybridized carbons (Fsp3) is 0.500.